The van der Waals surface area contributed by atoms with Gasteiger partial charge < -0.3 is 24.4 Å². The molecule has 0 bridgehead atoms. The van der Waals surface area contributed by atoms with E-state index in [9.17, 15) is 15.0 Å². The summed E-state index contributed by atoms with van der Waals surface area (Å²) in [4.78, 5) is 11.2. The van der Waals surface area contributed by atoms with Gasteiger partial charge in [-0.25, -0.2) is 0 Å². The van der Waals surface area contributed by atoms with Gasteiger partial charge in [0.1, 0.15) is 6.10 Å². The zero-order chi connectivity index (χ0) is 15.1. The van der Waals surface area contributed by atoms with Crippen LogP contribution in [0.25, 0.3) is 0 Å². The number of unbranched alkanes of at least 4 members (excludes halogenated alkanes) is 1. The predicted octanol–water partition coefficient (Wildman–Crippen LogP) is 0.615. The standard InChI is InChI=1S/C14H24O6/c1-4-5-6-7-18-14-13(19-10(3)16)9(2)12(17)11(8-15)20-14/h4,9,11-15,17H,1,5-8H2,2-3H3/t9-,11?,12-,13?,14+/m0/s1. The van der Waals surface area contributed by atoms with Crippen molar-refractivity contribution in [1.82, 2.24) is 0 Å². The quantitative estimate of drug-likeness (QED) is 0.406. The Morgan fingerprint density at radius 1 is 1.50 bits per heavy atom. The highest BCUT2D eigenvalue weighted by molar-refractivity contribution is 5.66. The van der Waals surface area contributed by atoms with Crippen LogP contribution in [0.1, 0.15) is 26.7 Å². The molecule has 2 N–H and O–H groups in total. The minimum atomic E-state index is -0.905. The SMILES string of the molecule is C=CCCCO[C@@H]1OC(CO)[C@@H](O)[C@H](C)C1OC(C)=O. The van der Waals surface area contributed by atoms with Gasteiger partial charge in [0.2, 0.25) is 0 Å². The molecule has 2 unspecified atom stereocenters. The molecule has 0 aromatic heterocycles. The van der Waals surface area contributed by atoms with E-state index in [4.69, 9.17) is 14.2 Å². The van der Waals surface area contributed by atoms with E-state index in [-0.39, 0.29) is 12.5 Å². The van der Waals surface area contributed by atoms with Gasteiger partial charge in [0.05, 0.1) is 19.3 Å². The van der Waals surface area contributed by atoms with Crippen LogP contribution in [0.15, 0.2) is 12.7 Å². The first-order valence-corrected chi connectivity index (χ1v) is 6.85. The molecule has 0 aromatic rings. The van der Waals surface area contributed by atoms with Crippen LogP contribution >= 0.6 is 0 Å². The summed E-state index contributed by atoms with van der Waals surface area (Å²) < 4.78 is 16.3. The zero-order valence-corrected chi connectivity index (χ0v) is 12.0. The van der Waals surface area contributed by atoms with Crippen LogP contribution < -0.4 is 0 Å². The summed E-state index contributed by atoms with van der Waals surface area (Å²) in [6.45, 7) is 6.77. The molecular weight excluding hydrogens is 264 g/mol. The molecule has 20 heavy (non-hydrogen) atoms. The molecule has 0 saturated carbocycles. The normalized spacial score (nSPS) is 33.7. The first kappa shape index (κ1) is 17.1. The lowest BCUT2D eigenvalue weighted by Gasteiger charge is -2.42. The third kappa shape index (κ3) is 4.56. The van der Waals surface area contributed by atoms with Gasteiger partial charge in [-0.05, 0) is 12.8 Å². The molecule has 0 aromatic carbocycles. The Kier molecular flexibility index (Phi) is 7.15. The number of rotatable bonds is 7. The van der Waals surface area contributed by atoms with Gasteiger partial charge in [-0.2, -0.15) is 0 Å². The maximum Gasteiger partial charge on any atom is 0.303 e. The Labute approximate surface area is 119 Å². The highest BCUT2D eigenvalue weighted by atomic mass is 16.7. The van der Waals surface area contributed by atoms with E-state index in [2.05, 4.69) is 6.58 Å². The van der Waals surface area contributed by atoms with Crippen molar-refractivity contribution in [3.05, 3.63) is 12.7 Å². The maximum absolute atomic E-state index is 11.2. The lowest BCUT2D eigenvalue weighted by atomic mass is 9.90. The Morgan fingerprint density at radius 3 is 2.75 bits per heavy atom. The minimum absolute atomic E-state index is 0.315. The number of allylic oxidation sites excluding steroid dienone is 1. The van der Waals surface area contributed by atoms with E-state index < -0.39 is 30.6 Å². The second-order valence-corrected chi connectivity index (χ2v) is 4.95. The summed E-state index contributed by atoms with van der Waals surface area (Å²) in [5, 5.41) is 19.2. The van der Waals surface area contributed by atoms with E-state index in [1.165, 1.54) is 6.92 Å². The average Bonchev–Trinajstić information content (AvgIpc) is 2.41. The number of carbonyl (C=O) groups excluding carboxylic acids is 1. The number of ether oxygens (including phenoxy) is 3. The van der Waals surface area contributed by atoms with Crippen molar-refractivity contribution in [2.45, 2.75) is 51.3 Å². The van der Waals surface area contributed by atoms with Crippen molar-refractivity contribution < 1.29 is 29.2 Å². The molecule has 6 nitrogen and oxygen atoms in total. The average molecular weight is 288 g/mol. The lowest BCUT2D eigenvalue weighted by molar-refractivity contribution is -0.291. The van der Waals surface area contributed by atoms with Crippen LogP contribution in [0.2, 0.25) is 0 Å². The molecule has 1 fully saturated rings. The van der Waals surface area contributed by atoms with Gasteiger partial charge in [0.25, 0.3) is 0 Å². The third-order valence-corrected chi connectivity index (χ3v) is 3.33. The summed E-state index contributed by atoms with van der Waals surface area (Å²) in [6, 6.07) is 0. The van der Waals surface area contributed by atoms with Crippen LogP contribution in [0.4, 0.5) is 0 Å². The molecule has 1 aliphatic heterocycles. The summed E-state index contributed by atoms with van der Waals surface area (Å²) >= 11 is 0. The van der Waals surface area contributed by atoms with Gasteiger partial charge in [-0.1, -0.05) is 13.0 Å². The van der Waals surface area contributed by atoms with Crippen LogP contribution in [-0.2, 0) is 19.0 Å². The fourth-order valence-electron chi connectivity index (χ4n) is 2.18. The number of hydrogen-bond acceptors (Lipinski definition) is 6. The maximum atomic E-state index is 11.2. The van der Waals surface area contributed by atoms with Gasteiger partial charge in [0, 0.05) is 12.8 Å². The van der Waals surface area contributed by atoms with Crippen molar-refractivity contribution >= 4 is 5.97 Å². The molecule has 1 saturated heterocycles. The van der Waals surface area contributed by atoms with Crippen molar-refractivity contribution in [3.8, 4) is 0 Å². The number of aliphatic hydroxyl groups is 2. The van der Waals surface area contributed by atoms with Crippen molar-refractivity contribution in [3.63, 3.8) is 0 Å². The smallest absolute Gasteiger partial charge is 0.303 e. The molecule has 116 valence electrons. The summed E-state index contributed by atoms with van der Waals surface area (Å²) in [5.74, 6) is -0.839. The number of hydrogen-bond donors (Lipinski definition) is 2. The predicted molar refractivity (Wildman–Crippen MR) is 71.9 cm³/mol. The number of aliphatic hydroxyl groups excluding tert-OH is 2. The molecule has 0 aliphatic carbocycles. The van der Waals surface area contributed by atoms with E-state index in [0.29, 0.717) is 6.61 Å². The second kappa shape index (κ2) is 8.36. The second-order valence-electron chi connectivity index (χ2n) is 4.95. The fourth-order valence-corrected chi connectivity index (χ4v) is 2.18. The molecular formula is C14H24O6. The third-order valence-electron chi connectivity index (χ3n) is 3.33. The highest BCUT2D eigenvalue weighted by Crippen LogP contribution is 2.29. The minimum Gasteiger partial charge on any atom is -0.457 e. The van der Waals surface area contributed by atoms with Crippen molar-refractivity contribution in [2.75, 3.05) is 13.2 Å². The Hall–Kier alpha value is -0.950. The first-order valence-electron chi connectivity index (χ1n) is 6.85. The topological polar surface area (TPSA) is 85.2 Å². The number of carbonyl (C=O) groups is 1. The van der Waals surface area contributed by atoms with Crippen LogP contribution in [0.3, 0.4) is 0 Å². The van der Waals surface area contributed by atoms with Crippen molar-refractivity contribution in [1.29, 1.82) is 0 Å². The molecule has 0 radical (unpaired) electrons. The Bertz CT molecular complexity index is 319. The molecule has 1 rings (SSSR count). The summed E-state index contributed by atoms with van der Waals surface area (Å²) in [6.07, 6.45) is 0.271. The van der Waals surface area contributed by atoms with Crippen LogP contribution in [0.5, 0.6) is 0 Å². The molecule has 1 aliphatic rings. The monoisotopic (exact) mass is 288 g/mol. The van der Waals surface area contributed by atoms with Gasteiger partial charge in [0.15, 0.2) is 12.4 Å². The van der Waals surface area contributed by atoms with E-state index in [1.807, 2.05) is 0 Å². The lowest BCUT2D eigenvalue weighted by Crippen LogP contribution is -2.56. The molecule has 0 spiro atoms. The fraction of sp³-hybridized carbons (Fsp3) is 0.786. The van der Waals surface area contributed by atoms with Gasteiger partial charge in [-0.3, -0.25) is 4.79 Å². The zero-order valence-electron chi connectivity index (χ0n) is 12.0. The Balaban J connectivity index is 2.67. The first-order chi connectivity index (χ1) is 9.51. The summed E-state index contributed by atoms with van der Waals surface area (Å²) in [5.41, 5.74) is 0. The van der Waals surface area contributed by atoms with E-state index >= 15 is 0 Å². The molecule has 1 heterocycles. The van der Waals surface area contributed by atoms with Crippen LogP contribution in [0, 0.1) is 5.92 Å². The number of esters is 1. The molecule has 0 amide bonds. The van der Waals surface area contributed by atoms with Crippen LogP contribution in [-0.4, -0.2) is 54.0 Å². The van der Waals surface area contributed by atoms with E-state index in [1.54, 1.807) is 13.0 Å². The van der Waals surface area contributed by atoms with E-state index in [0.717, 1.165) is 12.8 Å². The highest BCUT2D eigenvalue weighted by Gasteiger charge is 2.45. The Morgan fingerprint density at radius 2 is 2.20 bits per heavy atom. The largest absolute Gasteiger partial charge is 0.457 e. The van der Waals surface area contributed by atoms with Crippen molar-refractivity contribution in [2.24, 2.45) is 5.92 Å². The summed E-state index contributed by atoms with van der Waals surface area (Å²) in [7, 11) is 0. The molecule has 5 atom stereocenters. The molecule has 6 heteroatoms. The van der Waals surface area contributed by atoms with Gasteiger partial charge >= 0.3 is 5.97 Å². The van der Waals surface area contributed by atoms with Gasteiger partial charge in [-0.15, -0.1) is 6.58 Å².